The van der Waals surface area contributed by atoms with Crippen molar-refractivity contribution in [3.8, 4) is 0 Å². The highest BCUT2D eigenvalue weighted by atomic mass is 16.3. The van der Waals surface area contributed by atoms with Gasteiger partial charge in [0.2, 0.25) is 6.41 Å². The lowest BCUT2D eigenvalue weighted by Crippen LogP contribution is -2.50. The number of aliphatic hydroxyl groups excluding tert-OH is 1. The minimum atomic E-state index is -0.363. The lowest BCUT2D eigenvalue weighted by molar-refractivity contribution is -0.111. The minimum absolute atomic E-state index is 0.00822. The van der Waals surface area contributed by atoms with E-state index in [-0.39, 0.29) is 34.3 Å². The summed E-state index contributed by atoms with van der Waals surface area (Å²) in [6.07, 6.45) is 12.2. The molecule has 0 bridgehead atoms. The van der Waals surface area contributed by atoms with Gasteiger partial charge < -0.3 is 15.3 Å². The van der Waals surface area contributed by atoms with Gasteiger partial charge >= 0.3 is 0 Å². The van der Waals surface area contributed by atoms with Gasteiger partial charge in [-0.15, -0.1) is 0 Å². The van der Waals surface area contributed by atoms with E-state index in [0.29, 0.717) is 17.9 Å². The lowest BCUT2D eigenvalue weighted by Gasteiger charge is -2.53. The van der Waals surface area contributed by atoms with Crippen molar-refractivity contribution in [2.75, 3.05) is 14.1 Å². The standard InChI is InChI=1S/C27H44N2O2/c1-17(28-16-30)24-22(31)15-27(5)21-10-9-20-18(14-19(21)12-13-26(24,27)4)8-11-23(29(6)7)25(20,2)3/h12,14,16-17,20-24,31H,8-11,13,15H2,1-7H3,(H,28,30). The molecule has 0 aromatic heterocycles. The quantitative estimate of drug-likeness (QED) is 0.646. The summed E-state index contributed by atoms with van der Waals surface area (Å²) >= 11 is 0. The first kappa shape index (κ1) is 23.0. The van der Waals surface area contributed by atoms with E-state index in [4.69, 9.17) is 0 Å². The molecule has 1 amide bonds. The molecular weight excluding hydrogens is 384 g/mol. The maximum atomic E-state index is 11.2. The molecule has 0 radical (unpaired) electrons. The number of nitrogens with zero attached hydrogens (tertiary/aromatic N) is 1. The fourth-order valence-corrected chi connectivity index (χ4v) is 8.85. The maximum absolute atomic E-state index is 11.2. The number of carbonyl (C=O) groups is 1. The lowest BCUT2D eigenvalue weighted by atomic mass is 9.51. The molecule has 0 saturated heterocycles. The number of hydrogen-bond acceptors (Lipinski definition) is 3. The molecule has 0 heterocycles. The Morgan fingerprint density at radius 3 is 2.45 bits per heavy atom. The molecule has 0 aliphatic heterocycles. The number of amides is 1. The third kappa shape index (κ3) is 3.27. The second kappa shape index (κ2) is 7.73. The number of hydrogen-bond donors (Lipinski definition) is 2. The van der Waals surface area contributed by atoms with Gasteiger partial charge in [0.15, 0.2) is 0 Å². The molecule has 2 saturated carbocycles. The Balaban J connectivity index is 1.69. The summed E-state index contributed by atoms with van der Waals surface area (Å²) in [7, 11) is 4.47. The molecule has 31 heavy (non-hydrogen) atoms. The van der Waals surface area contributed by atoms with E-state index in [1.165, 1.54) is 31.3 Å². The van der Waals surface area contributed by atoms with E-state index >= 15 is 0 Å². The summed E-state index contributed by atoms with van der Waals surface area (Å²) in [5.74, 6) is 1.21. The van der Waals surface area contributed by atoms with E-state index in [0.717, 1.165) is 19.3 Å². The van der Waals surface area contributed by atoms with E-state index in [2.05, 4.69) is 71.1 Å². The van der Waals surface area contributed by atoms with Gasteiger partial charge in [-0.25, -0.2) is 0 Å². The van der Waals surface area contributed by atoms with Crippen LogP contribution in [-0.4, -0.2) is 48.7 Å². The highest BCUT2D eigenvalue weighted by molar-refractivity contribution is 5.47. The minimum Gasteiger partial charge on any atom is -0.393 e. The molecule has 0 spiro atoms. The van der Waals surface area contributed by atoms with Crippen LogP contribution < -0.4 is 5.32 Å². The number of allylic oxidation sites excluding steroid dienone is 4. The molecule has 4 nitrogen and oxygen atoms in total. The van der Waals surface area contributed by atoms with Crippen molar-refractivity contribution in [1.29, 1.82) is 0 Å². The predicted octanol–water partition coefficient (Wildman–Crippen LogP) is 4.55. The molecule has 0 aromatic carbocycles. The highest BCUT2D eigenvalue weighted by Crippen LogP contribution is 2.67. The zero-order valence-electron chi connectivity index (χ0n) is 20.7. The molecule has 2 fully saturated rings. The topological polar surface area (TPSA) is 52.6 Å². The van der Waals surface area contributed by atoms with Crippen molar-refractivity contribution < 1.29 is 9.90 Å². The molecule has 0 aromatic rings. The molecule has 8 unspecified atom stereocenters. The fraction of sp³-hybridized carbons (Fsp3) is 0.815. The summed E-state index contributed by atoms with van der Waals surface area (Å²) in [4.78, 5) is 13.6. The highest BCUT2D eigenvalue weighted by Gasteiger charge is 2.64. The van der Waals surface area contributed by atoms with Crippen LogP contribution in [0.25, 0.3) is 0 Å². The van der Waals surface area contributed by atoms with Crippen LogP contribution in [-0.2, 0) is 4.79 Å². The number of aliphatic hydroxyl groups is 1. The zero-order chi connectivity index (χ0) is 22.8. The van der Waals surface area contributed by atoms with Crippen LogP contribution in [0, 0.1) is 34.0 Å². The zero-order valence-corrected chi connectivity index (χ0v) is 20.7. The summed E-state index contributed by atoms with van der Waals surface area (Å²) < 4.78 is 0. The average Bonchev–Trinajstić information content (AvgIpc) is 2.79. The van der Waals surface area contributed by atoms with Crippen molar-refractivity contribution in [3.63, 3.8) is 0 Å². The van der Waals surface area contributed by atoms with Gasteiger partial charge in [0.25, 0.3) is 0 Å². The maximum Gasteiger partial charge on any atom is 0.207 e. The third-order valence-corrected chi connectivity index (χ3v) is 10.5. The van der Waals surface area contributed by atoms with E-state index < -0.39 is 0 Å². The second-order valence-electron chi connectivity index (χ2n) is 12.4. The first-order chi connectivity index (χ1) is 14.5. The Labute approximate surface area is 189 Å². The van der Waals surface area contributed by atoms with Crippen LogP contribution in [0.2, 0.25) is 0 Å². The van der Waals surface area contributed by atoms with Crippen LogP contribution in [0.1, 0.15) is 73.1 Å². The van der Waals surface area contributed by atoms with Gasteiger partial charge in [0.1, 0.15) is 0 Å². The average molecular weight is 429 g/mol. The second-order valence-corrected chi connectivity index (χ2v) is 12.4. The van der Waals surface area contributed by atoms with Crippen LogP contribution in [0.15, 0.2) is 23.3 Å². The Bertz CT molecular complexity index is 784. The third-order valence-electron chi connectivity index (χ3n) is 10.5. The summed E-state index contributed by atoms with van der Waals surface area (Å²) in [6, 6.07) is 0.610. The normalized spacial score (nSPS) is 44.9. The predicted molar refractivity (Wildman–Crippen MR) is 126 cm³/mol. The fourth-order valence-electron chi connectivity index (χ4n) is 8.85. The van der Waals surface area contributed by atoms with Crippen molar-refractivity contribution in [2.24, 2.45) is 34.0 Å². The monoisotopic (exact) mass is 428 g/mol. The molecular formula is C27H44N2O2. The Kier molecular flexibility index (Phi) is 5.74. The number of carbonyl (C=O) groups excluding carboxylic acids is 1. The van der Waals surface area contributed by atoms with Gasteiger partial charge in [-0.05, 0) is 93.2 Å². The molecule has 4 rings (SSSR count). The van der Waals surface area contributed by atoms with Crippen LogP contribution >= 0.6 is 0 Å². The smallest absolute Gasteiger partial charge is 0.207 e. The van der Waals surface area contributed by atoms with Crippen molar-refractivity contribution in [1.82, 2.24) is 10.2 Å². The molecule has 4 heteroatoms. The van der Waals surface area contributed by atoms with Crippen molar-refractivity contribution in [3.05, 3.63) is 23.3 Å². The van der Waals surface area contributed by atoms with E-state index in [9.17, 15) is 9.90 Å². The number of rotatable bonds is 4. The van der Waals surface area contributed by atoms with E-state index in [1.54, 1.807) is 5.57 Å². The van der Waals surface area contributed by atoms with Crippen molar-refractivity contribution >= 4 is 6.41 Å². The van der Waals surface area contributed by atoms with Crippen LogP contribution in [0.5, 0.6) is 0 Å². The van der Waals surface area contributed by atoms with Gasteiger partial charge in [0, 0.05) is 18.0 Å². The molecule has 174 valence electrons. The van der Waals surface area contributed by atoms with Gasteiger partial charge in [0.05, 0.1) is 6.10 Å². The Morgan fingerprint density at radius 1 is 1.13 bits per heavy atom. The summed E-state index contributed by atoms with van der Waals surface area (Å²) in [5.41, 5.74) is 3.50. The van der Waals surface area contributed by atoms with E-state index in [1.807, 2.05) is 0 Å². The summed E-state index contributed by atoms with van der Waals surface area (Å²) in [6.45, 7) is 11.8. The Hall–Kier alpha value is -1.13. The van der Waals surface area contributed by atoms with Gasteiger partial charge in [-0.3, -0.25) is 4.79 Å². The molecule has 2 N–H and O–H groups in total. The number of nitrogens with one attached hydrogen (secondary N) is 1. The molecule has 4 aliphatic carbocycles. The van der Waals surface area contributed by atoms with Crippen molar-refractivity contribution in [2.45, 2.75) is 91.3 Å². The first-order valence-electron chi connectivity index (χ1n) is 12.4. The molecule has 4 aliphatic rings. The Morgan fingerprint density at radius 2 is 1.81 bits per heavy atom. The van der Waals surface area contributed by atoms with Crippen LogP contribution in [0.3, 0.4) is 0 Å². The van der Waals surface area contributed by atoms with Gasteiger partial charge in [-0.1, -0.05) is 45.4 Å². The largest absolute Gasteiger partial charge is 0.393 e. The molecule has 8 atom stereocenters. The first-order valence-corrected chi connectivity index (χ1v) is 12.4. The number of fused-ring (bicyclic) bond motifs is 4. The van der Waals surface area contributed by atoms with Gasteiger partial charge in [-0.2, -0.15) is 0 Å². The SMILES string of the molecule is CC(NC=O)C1C(O)CC2(C)C3CCC4C(=CC3=CCC12C)CCC(N(C)C)C4(C)C. The van der Waals surface area contributed by atoms with Crippen LogP contribution in [0.4, 0.5) is 0 Å². The summed E-state index contributed by atoms with van der Waals surface area (Å²) in [5, 5.41) is 14.2.